The Hall–Kier alpha value is -1.41. The summed E-state index contributed by atoms with van der Waals surface area (Å²) in [5.74, 6) is 0. The summed E-state index contributed by atoms with van der Waals surface area (Å²) >= 11 is 13.2. The Labute approximate surface area is 153 Å². The van der Waals surface area contributed by atoms with Gasteiger partial charge in [0.25, 0.3) is 0 Å². The monoisotopic (exact) mass is 401 g/mol. The van der Waals surface area contributed by atoms with E-state index in [0.29, 0.717) is 12.1 Å². The number of benzene rings is 1. The van der Waals surface area contributed by atoms with Crippen LogP contribution in [0.4, 0.5) is 5.69 Å². The van der Waals surface area contributed by atoms with Crippen molar-refractivity contribution in [1.82, 2.24) is 9.97 Å². The van der Waals surface area contributed by atoms with E-state index in [-0.39, 0.29) is 5.28 Å². The predicted octanol–water partition coefficient (Wildman–Crippen LogP) is 4.73. The number of nitrogens with one attached hydrogen (secondary N) is 1. The molecule has 1 N–H and O–H groups in total. The quantitative estimate of drug-likeness (QED) is 0.495. The summed E-state index contributed by atoms with van der Waals surface area (Å²) in [5.41, 5.74) is 2.90. The maximum Gasteiger partial charge on any atom is 0.249 e. The molecule has 2 heterocycles. The largest absolute Gasteiger partial charge is 0.282 e. The molecule has 2 aromatic heterocycles. The lowest BCUT2D eigenvalue weighted by Gasteiger charge is -2.12. The number of hydrogen-bond donors (Lipinski definition) is 1. The van der Waals surface area contributed by atoms with Crippen LogP contribution in [-0.4, -0.2) is 23.1 Å². The topological polar surface area (TPSA) is 72.0 Å². The molecule has 0 spiro atoms. The van der Waals surface area contributed by atoms with Crippen molar-refractivity contribution in [3.8, 4) is 11.1 Å². The molecule has 1 atom stereocenters. The molecule has 0 aliphatic rings. The number of anilines is 1. The van der Waals surface area contributed by atoms with E-state index in [9.17, 15) is 8.42 Å². The minimum Gasteiger partial charge on any atom is -0.282 e. The summed E-state index contributed by atoms with van der Waals surface area (Å²) < 4.78 is 26.7. The molecule has 3 rings (SSSR count). The van der Waals surface area contributed by atoms with Gasteiger partial charge in [-0.15, -0.1) is 22.9 Å². The molecule has 0 saturated carbocycles. The lowest BCUT2D eigenvalue weighted by atomic mass is 10.1. The van der Waals surface area contributed by atoms with Crippen molar-refractivity contribution < 1.29 is 8.42 Å². The average Bonchev–Trinajstić information content (AvgIpc) is 2.96. The summed E-state index contributed by atoms with van der Waals surface area (Å²) in [6, 6.07) is 7.08. The second kappa shape index (κ2) is 6.84. The van der Waals surface area contributed by atoms with Gasteiger partial charge in [0.15, 0.2) is 4.71 Å². The maximum atomic E-state index is 12.1. The SMILES string of the molecule is CCC(Cl)S(=O)(=O)Nc1cccc(-c2csc3cnc(Cl)nc23)c1. The highest BCUT2D eigenvalue weighted by atomic mass is 35.5. The third-order valence-electron chi connectivity index (χ3n) is 3.38. The van der Waals surface area contributed by atoms with Gasteiger partial charge in [-0.2, -0.15) is 0 Å². The summed E-state index contributed by atoms with van der Waals surface area (Å²) in [6.07, 6.45) is 1.99. The van der Waals surface area contributed by atoms with Crippen molar-refractivity contribution in [2.45, 2.75) is 18.1 Å². The first-order chi connectivity index (χ1) is 11.4. The van der Waals surface area contributed by atoms with Gasteiger partial charge in [-0.1, -0.05) is 19.1 Å². The van der Waals surface area contributed by atoms with Crippen LogP contribution in [-0.2, 0) is 10.0 Å². The standard InChI is InChI=1S/C15H13Cl2N3O2S2/c1-2-13(16)24(21,22)20-10-5-3-4-9(6-10)11-8-23-12-7-18-15(17)19-14(11)12/h3-8,13,20H,2H2,1H3. The van der Waals surface area contributed by atoms with E-state index in [1.54, 1.807) is 31.3 Å². The summed E-state index contributed by atoms with van der Waals surface area (Å²) in [4.78, 5) is 8.23. The van der Waals surface area contributed by atoms with Crippen molar-refractivity contribution in [2.75, 3.05) is 4.72 Å². The van der Waals surface area contributed by atoms with Crippen LogP contribution in [0, 0.1) is 0 Å². The third-order valence-corrected chi connectivity index (χ3v) is 7.00. The molecule has 0 aliphatic heterocycles. The van der Waals surface area contributed by atoms with E-state index in [1.165, 1.54) is 11.3 Å². The lowest BCUT2D eigenvalue weighted by molar-refractivity contribution is 0.596. The van der Waals surface area contributed by atoms with Gasteiger partial charge in [-0.25, -0.2) is 18.4 Å². The summed E-state index contributed by atoms with van der Waals surface area (Å²) in [5, 5.41) is 2.12. The zero-order valence-electron chi connectivity index (χ0n) is 12.5. The third kappa shape index (κ3) is 3.49. The highest BCUT2D eigenvalue weighted by Crippen LogP contribution is 2.34. The normalized spacial score (nSPS) is 13.1. The Kier molecular flexibility index (Phi) is 4.96. The highest BCUT2D eigenvalue weighted by Gasteiger charge is 2.21. The van der Waals surface area contributed by atoms with Crippen LogP contribution < -0.4 is 4.72 Å². The van der Waals surface area contributed by atoms with Gasteiger partial charge >= 0.3 is 0 Å². The van der Waals surface area contributed by atoms with Gasteiger partial charge < -0.3 is 0 Å². The van der Waals surface area contributed by atoms with Gasteiger partial charge in [0, 0.05) is 22.8 Å². The Balaban J connectivity index is 2.00. The number of hydrogen-bond acceptors (Lipinski definition) is 5. The molecular formula is C15H13Cl2N3O2S2. The molecule has 0 amide bonds. The second-order valence-electron chi connectivity index (χ2n) is 5.05. The van der Waals surface area contributed by atoms with Crippen LogP contribution in [0.25, 0.3) is 21.3 Å². The van der Waals surface area contributed by atoms with Crippen molar-refractivity contribution in [3.63, 3.8) is 0 Å². The van der Waals surface area contributed by atoms with Crippen LogP contribution in [0.2, 0.25) is 5.28 Å². The smallest absolute Gasteiger partial charge is 0.249 e. The number of sulfonamides is 1. The molecule has 126 valence electrons. The molecular weight excluding hydrogens is 389 g/mol. The van der Waals surface area contributed by atoms with Crippen molar-refractivity contribution in [1.29, 1.82) is 0 Å². The molecule has 5 nitrogen and oxygen atoms in total. The zero-order chi connectivity index (χ0) is 17.3. The molecule has 0 fully saturated rings. The molecule has 0 saturated heterocycles. The highest BCUT2D eigenvalue weighted by molar-refractivity contribution is 7.94. The Morgan fingerprint density at radius 2 is 2.17 bits per heavy atom. The Bertz CT molecular complexity index is 989. The Morgan fingerprint density at radius 1 is 1.38 bits per heavy atom. The summed E-state index contributed by atoms with van der Waals surface area (Å²) in [6.45, 7) is 1.72. The van der Waals surface area contributed by atoms with Gasteiger partial charge in [-0.05, 0) is 35.7 Å². The van der Waals surface area contributed by atoms with E-state index < -0.39 is 14.7 Å². The first kappa shape index (κ1) is 17.4. The number of thiophene rings is 1. The zero-order valence-corrected chi connectivity index (χ0v) is 15.7. The maximum absolute atomic E-state index is 12.1. The van der Waals surface area contributed by atoms with Crippen LogP contribution in [0.5, 0.6) is 0 Å². The van der Waals surface area contributed by atoms with Crippen LogP contribution in [0.1, 0.15) is 13.3 Å². The first-order valence-electron chi connectivity index (χ1n) is 7.06. The van der Waals surface area contributed by atoms with E-state index in [2.05, 4.69) is 14.7 Å². The van der Waals surface area contributed by atoms with E-state index in [4.69, 9.17) is 23.2 Å². The second-order valence-corrected chi connectivity index (χ2v) is 8.95. The molecule has 0 aliphatic carbocycles. The molecule has 1 unspecified atom stereocenters. The number of alkyl halides is 1. The summed E-state index contributed by atoms with van der Waals surface area (Å²) in [7, 11) is -3.63. The number of rotatable bonds is 5. The Morgan fingerprint density at radius 3 is 2.92 bits per heavy atom. The molecule has 24 heavy (non-hydrogen) atoms. The van der Waals surface area contributed by atoms with Crippen molar-refractivity contribution >= 4 is 60.5 Å². The lowest BCUT2D eigenvalue weighted by Crippen LogP contribution is -2.22. The van der Waals surface area contributed by atoms with Gasteiger partial charge in [0.1, 0.15) is 0 Å². The average molecular weight is 402 g/mol. The minimum absolute atomic E-state index is 0.173. The number of aromatic nitrogens is 2. The number of fused-ring (bicyclic) bond motifs is 1. The first-order valence-corrected chi connectivity index (χ1v) is 10.3. The van der Waals surface area contributed by atoms with Gasteiger partial charge in [0.05, 0.1) is 10.2 Å². The molecule has 3 aromatic rings. The van der Waals surface area contributed by atoms with E-state index >= 15 is 0 Å². The molecule has 0 bridgehead atoms. The van der Waals surface area contributed by atoms with Crippen molar-refractivity contribution in [3.05, 3.63) is 41.1 Å². The number of halogens is 2. The van der Waals surface area contributed by atoms with Crippen LogP contribution in [0.15, 0.2) is 35.8 Å². The number of nitrogens with zero attached hydrogens (tertiary/aromatic N) is 2. The van der Waals surface area contributed by atoms with E-state index in [1.807, 2.05) is 11.4 Å². The van der Waals surface area contributed by atoms with Gasteiger partial charge in [0.2, 0.25) is 15.3 Å². The fourth-order valence-corrected chi connectivity index (χ4v) is 4.37. The van der Waals surface area contributed by atoms with Crippen LogP contribution >= 0.6 is 34.5 Å². The molecule has 1 aromatic carbocycles. The van der Waals surface area contributed by atoms with Gasteiger partial charge in [-0.3, -0.25) is 4.72 Å². The van der Waals surface area contributed by atoms with Crippen LogP contribution in [0.3, 0.4) is 0 Å². The van der Waals surface area contributed by atoms with Crippen molar-refractivity contribution in [2.24, 2.45) is 0 Å². The molecule has 0 radical (unpaired) electrons. The fourth-order valence-electron chi connectivity index (χ4n) is 2.21. The minimum atomic E-state index is -3.63. The van der Waals surface area contributed by atoms with E-state index in [0.717, 1.165) is 21.3 Å². The fraction of sp³-hybridized carbons (Fsp3) is 0.200. The molecule has 9 heteroatoms. The predicted molar refractivity (Wildman–Crippen MR) is 100 cm³/mol.